The van der Waals surface area contributed by atoms with E-state index in [-0.39, 0.29) is 6.04 Å². The Hall–Kier alpha value is -4.40. The minimum Gasteiger partial charge on any atom is -0.306 e. The van der Waals surface area contributed by atoms with Crippen molar-refractivity contribution in [1.82, 2.24) is 39.6 Å². The second-order valence-corrected chi connectivity index (χ2v) is 10.3. The van der Waals surface area contributed by atoms with E-state index in [2.05, 4.69) is 129 Å². The monoisotopic (exact) mass is 530 g/mol. The fraction of sp³-hybridized carbons (Fsp3) is 0.250. The Kier molecular flexibility index (Phi) is 7.61. The van der Waals surface area contributed by atoms with Crippen LogP contribution in [0, 0.1) is 13.8 Å². The molecule has 8 nitrogen and oxygen atoms in total. The van der Waals surface area contributed by atoms with E-state index in [4.69, 9.17) is 0 Å². The van der Waals surface area contributed by atoms with Gasteiger partial charge in [0.2, 0.25) is 0 Å². The summed E-state index contributed by atoms with van der Waals surface area (Å²) in [6.45, 7) is 8.98. The number of rotatable bonds is 8. The average Bonchev–Trinajstić information content (AvgIpc) is 3.69. The summed E-state index contributed by atoms with van der Waals surface area (Å²) in [7, 11) is 0. The van der Waals surface area contributed by atoms with Crippen LogP contribution in [-0.2, 0) is 0 Å². The second-order valence-electron chi connectivity index (χ2n) is 10.3. The molecule has 0 N–H and O–H groups in total. The second kappa shape index (κ2) is 11.8. The average molecular weight is 531 g/mol. The fourth-order valence-corrected chi connectivity index (χ4v) is 5.53. The summed E-state index contributed by atoms with van der Waals surface area (Å²) in [6.07, 6.45) is 10.0. The maximum Gasteiger partial charge on any atom is 0.178 e. The van der Waals surface area contributed by atoms with Crippen molar-refractivity contribution in [3.05, 3.63) is 126 Å². The Labute approximate surface area is 235 Å². The minimum atomic E-state index is -0.0761. The van der Waals surface area contributed by atoms with Crippen LogP contribution < -0.4 is 0 Å². The van der Waals surface area contributed by atoms with Crippen molar-refractivity contribution in [1.29, 1.82) is 0 Å². The van der Waals surface area contributed by atoms with Crippen LogP contribution in [0.15, 0.2) is 97.6 Å². The molecule has 3 heterocycles. The molecule has 6 rings (SSSR count). The molecule has 0 saturated carbocycles. The number of para-hydroxylation sites is 1. The van der Waals surface area contributed by atoms with Crippen LogP contribution in [0.5, 0.6) is 0 Å². The number of hydrogen-bond donors (Lipinski definition) is 0. The zero-order valence-corrected chi connectivity index (χ0v) is 23.0. The molecule has 0 spiro atoms. The van der Waals surface area contributed by atoms with E-state index in [1.54, 1.807) is 6.20 Å². The zero-order chi connectivity index (χ0) is 27.3. The van der Waals surface area contributed by atoms with Crippen molar-refractivity contribution in [2.45, 2.75) is 19.9 Å². The third-order valence-electron chi connectivity index (χ3n) is 7.65. The topological polar surface area (TPSA) is 67.9 Å². The van der Waals surface area contributed by atoms with Gasteiger partial charge < -0.3 is 4.57 Å². The van der Waals surface area contributed by atoms with E-state index in [0.29, 0.717) is 0 Å². The summed E-state index contributed by atoms with van der Waals surface area (Å²) in [5.41, 5.74) is 6.83. The Bertz CT molecular complexity index is 1530. The van der Waals surface area contributed by atoms with E-state index < -0.39 is 0 Å². The van der Waals surface area contributed by atoms with Crippen molar-refractivity contribution in [2.24, 2.45) is 0 Å². The summed E-state index contributed by atoms with van der Waals surface area (Å²) in [4.78, 5) is 9.21. The summed E-state index contributed by atoms with van der Waals surface area (Å²) >= 11 is 0. The molecule has 1 atom stereocenters. The molecule has 1 unspecified atom stereocenters. The van der Waals surface area contributed by atoms with E-state index >= 15 is 0 Å². The van der Waals surface area contributed by atoms with Gasteiger partial charge in [0, 0.05) is 50.8 Å². The van der Waals surface area contributed by atoms with E-state index in [0.717, 1.165) is 61.0 Å². The lowest BCUT2D eigenvalue weighted by Crippen LogP contribution is -2.48. The van der Waals surface area contributed by atoms with Gasteiger partial charge in [-0.15, -0.1) is 5.10 Å². The predicted octanol–water partition coefficient (Wildman–Crippen LogP) is 4.89. The number of nitrogens with zero attached hydrogens (tertiary/aromatic N) is 8. The molecule has 3 aromatic carbocycles. The van der Waals surface area contributed by atoms with Crippen LogP contribution >= 0.6 is 0 Å². The molecule has 5 aromatic rings. The maximum atomic E-state index is 4.62. The molecule has 1 saturated heterocycles. The van der Waals surface area contributed by atoms with Crippen molar-refractivity contribution >= 4 is 6.08 Å². The van der Waals surface area contributed by atoms with Gasteiger partial charge in [0.15, 0.2) is 5.82 Å². The Morgan fingerprint density at radius 3 is 2.30 bits per heavy atom. The number of aryl methyl sites for hydroxylation is 2. The molecule has 1 fully saturated rings. The Balaban J connectivity index is 1.27. The molecule has 0 bridgehead atoms. The first-order valence-corrected chi connectivity index (χ1v) is 13.8. The maximum absolute atomic E-state index is 4.62. The number of imidazole rings is 1. The number of hydrogen-bond acceptors (Lipinski definition) is 6. The fourth-order valence-electron chi connectivity index (χ4n) is 5.53. The molecule has 0 radical (unpaired) electrons. The highest BCUT2D eigenvalue weighted by molar-refractivity contribution is 5.49. The minimum absolute atomic E-state index is 0.0761. The number of piperazine rings is 1. The molecule has 2 aromatic heterocycles. The normalized spacial score (nSPS) is 15.6. The van der Waals surface area contributed by atoms with Crippen LogP contribution in [0.4, 0.5) is 0 Å². The highest BCUT2D eigenvalue weighted by Crippen LogP contribution is 2.31. The molecule has 8 heteroatoms. The summed E-state index contributed by atoms with van der Waals surface area (Å²) < 4.78 is 3.95. The van der Waals surface area contributed by atoms with Gasteiger partial charge in [0.1, 0.15) is 0 Å². The molecule has 202 valence electrons. The molecule has 1 aliphatic heterocycles. The van der Waals surface area contributed by atoms with Crippen LogP contribution in [0.3, 0.4) is 0 Å². The van der Waals surface area contributed by atoms with E-state index in [1.165, 1.54) is 11.1 Å². The molecule has 1 aliphatic rings. The highest BCUT2D eigenvalue weighted by atomic mass is 15.6. The van der Waals surface area contributed by atoms with E-state index in [1.807, 2.05) is 21.8 Å². The van der Waals surface area contributed by atoms with Gasteiger partial charge in [-0.1, -0.05) is 72.8 Å². The highest BCUT2D eigenvalue weighted by Gasteiger charge is 2.31. The van der Waals surface area contributed by atoms with E-state index in [9.17, 15) is 0 Å². The molecule has 0 aliphatic carbocycles. The zero-order valence-electron chi connectivity index (χ0n) is 23.0. The summed E-state index contributed by atoms with van der Waals surface area (Å²) in [5, 5.41) is 13.3. The molecular weight excluding hydrogens is 496 g/mol. The molecule has 0 amide bonds. The van der Waals surface area contributed by atoms with Crippen molar-refractivity contribution in [2.75, 3.05) is 32.7 Å². The summed E-state index contributed by atoms with van der Waals surface area (Å²) in [5.74, 6) is 0.838. The van der Waals surface area contributed by atoms with Crippen molar-refractivity contribution in [3.8, 4) is 11.4 Å². The van der Waals surface area contributed by atoms with Crippen LogP contribution in [0.1, 0.15) is 34.1 Å². The third kappa shape index (κ3) is 5.50. The Morgan fingerprint density at radius 2 is 1.60 bits per heavy atom. The largest absolute Gasteiger partial charge is 0.306 e. The first-order chi connectivity index (χ1) is 19.7. The van der Waals surface area contributed by atoms with Gasteiger partial charge in [-0.05, 0) is 58.7 Å². The lowest BCUT2D eigenvalue weighted by Gasteiger charge is -2.38. The first kappa shape index (κ1) is 25.9. The SMILES string of the molecule is Cc1cccc(C)c1-n1nnnc1C(c1ccc(-n2ccnc2)cc1)N1CCN(CC=Cc2ccccc2)CC1. The lowest BCUT2D eigenvalue weighted by atomic mass is 10.0. The van der Waals surface area contributed by atoms with Gasteiger partial charge in [-0.2, -0.15) is 4.68 Å². The van der Waals surface area contributed by atoms with Gasteiger partial charge in [0.25, 0.3) is 0 Å². The number of aromatic nitrogens is 6. The van der Waals surface area contributed by atoms with Crippen molar-refractivity contribution < 1.29 is 0 Å². The van der Waals surface area contributed by atoms with Crippen LogP contribution in [0.2, 0.25) is 0 Å². The lowest BCUT2D eigenvalue weighted by molar-refractivity contribution is 0.113. The Morgan fingerprint density at radius 1 is 0.850 bits per heavy atom. The standard InChI is InChI=1S/C32H34N8/c1-25-8-6-9-26(2)30(25)40-32(34-35-36-40)31(28-13-15-29(16-14-28)39-19-17-33-24-39)38-22-20-37(21-23-38)18-7-12-27-10-4-3-5-11-27/h3-17,19,24,31H,18,20-23H2,1-2H3. The smallest absolute Gasteiger partial charge is 0.178 e. The van der Waals surface area contributed by atoms with Gasteiger partial charge in [0.05, 0.1) is 18.1 Å². The summed E-state index contributed by atoms with van der Waals surface area (Å²) in [6, 6.07) is 25.4. The molecular formula is C32H34N8. The molecule has 40 heavy (non-hydrogen) atoms. The number of tetrazole rings is 1. The predicted molar refractivity (Wildman–Crippen MR) is 158 cm³/mol. The van der Waals surface area contributed by atoms with Gasteiger partial charge >= 0.3 is 0 Å². The van der Waals surface area contributed by atoms with Gasteiger partial charge in [-0.25, -0.2) is 4.98 Å². The first-order valence-electron chi connectivity index (χ1n) is 13.8. The quantitative estimate of drug-likeness (QED) is 0.285. The van der Waals surface area contributed by atoms with Crippen LogP contribution in [0.25, 0.3) is 17.5 Å². The van der Waals surface area contributed by atoms with Crippen LogP contribution in [-0.4, -0.2) is 72.3 Å². The van der Waals surface area contributed by atoms with Gasteiger partial charge in [-0.3, -0.25) is 9.80 Å². The van der Waals surface area contributed by atoms with Crippen molar-refractivity contribution in [3.63, 3.8) is 0 Å². The third-order valence-corrected chi connectivity index (χ3v) is 7.65. The number of benzene rings is 3.